The lowest BCUT2D eigenvalue weighted by Gasteiger charge is -2.18. The maximum atomic E-state index is 5.41. The number of fused-ring (bicyclic) bond motifs is 8. The Bertz CT molecular complexity index is 5880. The van der Waals surface area contributed by atoms with Crippen molar-refractivity contribution in [2.24, 2.45) is 28.2 Å². The van der Waals surface area contributed by atoms with Crippen molar-refractivity contribution in [1.29, 1.82) is 0 Å². The molecule has 6 nitrogen and oxygen atoms in total. The normalized spacial score (nSPS) is 11.4. The second-order valence-corrected chi connectivity index (χ2v) is 28.8. The van der Waals surface area contributed by atoms with Gasteiger partial charge in [-0.15, -0.1) is 0 Å². The molecule has 0 bridgehead atoms. The minimum absolute atomic E-state index is 0.520. The highest BCUT2D eigenvalue weighted by Crippen LogP contribution is 2.37. The highest BCUT2D eigenvalue weighted by atomic mass is 16.5. The van der Waals surface area contributed by atoms with Crippen LogP contribution >= 0.6 is 0 Å². The van der Waals surface area contributed by atoms with Crippen molar-refractivity contribution in [1.82, 2.24) is 0 Å². The predicted octanol–water partition coefficient (Wildman–Crippen LogP) is 22.1. The third kappa shape index (κ3) is 14.3. The van der Waals surface area contributed by atoms with Gasteiger partial charge in [-0.25, -0.2) is 18.3 Å². The van der Waals surface area contributed by atoms with Crippen LogP contribution in [0.5, 0.6) is 5.75 Å². The Kier molecular flexibility index (Phi) is 19.4. The van der Waals surface area contributed by atoms with Crippen molar-refractivity contribution in [3.8, 4) is 50.8 Å². The molecule has 6 heteroatoms. The van der Waals surface area contributed by atoms with Gasteiger partial charge < -0.3 is 9.64 Å². The number of hydrogen-bond acceptors (Lipinski definition) is 2. The minimum atomic E-state index is 0.520. The van der Waals surface area contributed by atoms with E-state index >= 15 is 0 Å². The second-order valence-electron chi connectivity index (χ2n) is 28.8. The fourth-order valence-corrected chi connectivity index (χ4v) is 14.7. The number of aryl methyl sites for hydroxylation is 8. The van der Waals surface area contributed by atoms with Gasteiger partial charge in [-0.3, -0.25) is 0 Å². The molecule has 0 saturated carbocycles. The fourth-order valence-electron chi connectivity index (χ4n) is 14.7. The van der Waals surface area contributed by atoms with Crippen LogP contribution in [0.3, 0.4) is 0 Å². The summed E-state index contributed by atoms with van der Waals surface area (Å²) >= 11 is 0. The number of ether oxygens (including phenoxy) is 1. The minimum Gasteiger partial charge on any atom is -0.497 e. The summed E-state index contributed by atoms with van der Waals surface area (Å²) in [4.78, 5) is 2.15. The SMILES string of the molecule is COc1ccc(C)c(-c2cc3cc4ccccc4cc3c[n+]2C)c1.Cc1c(-c2cc3cc4ccccc4cc3c[n+]2C)cc(C(C)C)cc1C(C)C.Cc1cc(C)c(C)c(-c2cc3cc4ccccc4cc3c[n+]2C)c1.Cc1ccc(N(C)C)cc1-c1cc2cc3ccccc3cc2c[n+]1C. The van der Waals surface area contributed by atoms with Gasteiger partial charge in [0.1, 0.15) is 33.9 Å². The van der Waals surface area contributed by atoms with Crippen LogP contribution in [0, 0.1) is 41.5 Å². The number of rotatable bonds is 8. The Labute approximate surface area is 597 Å². The van der Waals surface area contributed by atoms with E-state index in [0.29, 0.717) is 11.8 Å². The van der Waals surface area contributed by atoms with E-state index in [0.717, 1.165) is 5.75 Å². The summed E-state index contributed by atoms with van der Waals surface area (Å²) in [5, 5.41) is 20.5. The zero-order valence-corrected chi connectivity index (χ0v) is 62.0. The van der Waals surface area contributed by atoms with Gasteiger partial charge in [0.25, 0.3) is 0 Å². The van der Waals surface area contributed by atoms with Crippen molar-refractivity contribution in [2.45, 2.75) is 81.1 Å². The maximum absolute atomic E-state index is 5.41. The number of hydrogen-bond donors (Lipinski definition) is 0. The molecule has 0 aliphatic carbocycles. The van der Waals surface area contributed by atoms with Crippen LogP contribution in [0.4, 0.5) is 5.69 Å². The van der Waals surface area contributed by atoms with Gasteiger partial charge >= 0.3 is 0 Å². The van der Waals surface area contributed by atoms with Crippen molar-refractivity contribution < 1.29 is 23.0 Å². The molecule has 0 unspecified atom stereocenters. The second kappa shape index (κ2) is 28.6. The third-order valence-electron chi connectivity index (χ3n) is 20.7. The summed E-state index contributed by atoms with van der Waals surface area (Å²) < 4.78 is 14.4. The molecule has 0 radical (unpaired) electrons. The van der Waals surface area contributed by atoms with Gasteiger partial charge in [0.15, 0.2) is 24.8 Å². The molecule has 12 aromatic carbocycles. The van der Waals surface area contributed by atoms with Crippen LogP contribution in [0.25, 0.3) is 131 Å². The van der Waals surface area contributed by atoms with Crippen LogP contribution in [0.15, 0.2) is 255 Å². The average molecular weight is 1320 g/mol. The predicted molar refractivity (Wildman–Crippen MR) is 430 cm³/mol. The Morgan fingerprint density at radius 1 is 0.297 bits per heavy atom. The van der Waals surface area contributed by atoms with E-state index in [4.69, 9.17) is 4.74 Å². The van der Waals surface area contributed by atoms with Crippen LogP contribution in [0.1, 0.15) is 84.0 Å². The Balaban J connectivity index is 0.000000121. The van der Waals surface area contributed by atoms with Gasteiger partial charge in [-0.05, 0) is 242 Å². The molecule has 101 heavy (non-hydrogen) atoms. The van der Waals surface area contributed by atoms with E-state index in [-0.39, 0.29) is 0 Å². The fraction of sp³-hybridized carbons (Fsp3) is 0.200. The van der Waals surface area contributed by atoms with Crippen LogP contribution in [-0.2, 0) is 28.2 Å². The quantitative estimate of drug-likeness (QED) is 0.112. The summed E-state index contributed by atoms with van der Waals surface area (Å²) in [6.45, 7) is 22.3. The summed E-state index contributed by atoms with van der Waals surface area (Å²) in [7, 11) is 14.4. The topological polar surface area (TPSA) is 28.0 Å². The van der Waals surface area contributed by atoms with Crippen molar-refractivity contribution in [3.05, 3.63) is 300 Å². The molecule has 0 saturated heterocycles. The molecular weight excluding hydrogens is 1230 g/mol. The van der Waals surface area contributed by atoms with Gasteiger partial charge in [0.2, 0.25) is 22.8 Å². The first-order chi connectivity index (χ1) is 48.5. The molecule has 4 heterocycles. The average Bonchev–Trinajstić information content (AvgIpc) is 0.818. The van der Waals surface area contributed by atoms with E-state index in [1.807, 2.05) is 6.07 Å². The summed E-state index contributed by atoms with van der Waals surface area (Å²) in [5.74, 6) is 1.92. The monoisotopic (exact) mass is 1320 g/mol. The lowest BCUT2D eigenvalue weighted by atomic mass is 9.87. The van der Waals surface area contributed by atoms with Crippen molar-refractivity contribution in [3.63, 3.8) is 0 Å². The van der Waals surface area contributed by atoms with Gasteiger partial charge in [0, 0.05) is 76.7 Å². The molecule has 16 rings (SSSR count). The highest BCUT2D eigenvalue weighted by Gasteiger charge is 2.23. The molecule has 16 aromatic rings. The number of anilines is 1. The van der Waals surface area contributed by atoms with Crippen LogP contribution in [-0.4, -0.2) is 21.2 Å². The Morgan fingerprint density at radius 3 is 0.980 bits per heavy atom. The lowest BCUT2D eigenvalue weighted by molar-refractivity contribution is -0.659. The van der Waals surface area contributed by atoms with Crippen LogP contribution < -0.4 is 27.9 Å². The number of nitrogens with zero attached hydrogens (tertiary/aromatic N) is 5. The van der Waals surface area contributed by atoms with E-state index in [9.17, 15) is 0 Å². The first-order valence-corrected chi connectivity index (χ1v) is 35.5. The summed E-state index contributed by atoms with van der Waals surface area (Å²) in [6.07, 6.45) is 8.96. The molecule has 0 N–H and O–H groups in total. The lowest BCUT2D eigenvalue weighted by Crippen LogP contribution is -2.30. The molecule has 0 atom stereocenters. The summed E-state index contributed by atoms with van der Waals surface area (Å²) in [6, 6.07) is 84.0. The Morgan fingerprint density at radius 2 is 0.634 bits per heavy atom. The van der Waals surface area contributed by atoms with Gasteiger partial charge in [-0.1, -0.05) is 155 Å². The molecule has 0 amide bonds. The molecule has 0 aliphatic rings. The van der Waals surface area contributed by atoms with Crippen LogP contribution in [0.2, 0.25) is 0 Å². The Hall–Kier alpha value is -11.1. The molecule has 4 aromatic heterocycles. The smallest absolute Gasteiger partial charge is 0.213 e. The number of aromatic nitrogens is 4. The largest absolute Gasteiger partial charge is 0.497 e. The standard InChI is InChI=1S/C27H30N.C23H23N2.C23H22N.C22H20NO/c1-17(2)22-13-25(18(3)4)19(5)26(14-22)27-15-23-11-20-9-7-8-10-21(20)12-24(23)16-28(27)6;1-16-9-10-21(24(2)3)14-22(16)23-13-19-11-17-7-5-6-8-18(17)12-20(19)15-25(23)4;1-15-9-16(2)17(3)22(10-15)23-13-20-11-18-7-5-6-8-19(18)12-21(20)14-24(23)4;1-15-8-9-20(24-3)13-21(15)22-12-18-10-16-6-4-5-7-17(16)11-19(18)14-23(22)2/h7-18H,1-6H3;5-15H,1-4H3;5-14H,1-4H3;4-14H,1-3H3/q4*+1. The number of benzene rings is 12. The van der Waals surface area contributed by atoms with E-state index in [2.05, 4.69) is 384 Å². The highest BCUT2D eigenvalue weighted by molar-refractivity contribution is 6.02. The molecule has 0 aliphatic heterocycles. The molecule has 0 spiro atoms. The third-order valence-corrected chi connectivity index (χ3v) is 20.7. The van der Waals surface area contributed by atoms with Crippen molar-refractivity contribution >= 4 is 91.9 Å². The number of methoxy groups -OCH3 is 1. The van der Waals surface area contributed by atoms with Gasteiger partial charge in [-0.2, -0.15) is 0 Å². The van der Waals surface area contributed by atoms with Crippen molar-refractivity contribution in [2.75, 3.05) is 26.1 Å². The zero-order valence-electron chi connectivity index (χ0n) is 62.0. The first-order valence-electron chi connectivity index (χ1n) is 35.5. The van der Waals surface area contributed by atoms with E-state index in [1.165, 1.54) is 181 Å². The summed E-state index contributed by atoms with van der Waals surface area (Å²) in [5.41, 5.74) is 22.2. The number of pyridine rings is 4. The first kappa shape index (κ1) is 68.4. The molecule has 502 valence electrons. The van der Waals surface area contributed by atoms with E-state index in [1.54, 1.807) is 7.11 Å². The maximum Gasteiger partial charge on any atom is 0.213 e. The molecule has 0 fully saturated rings. The zero-order chi connectivity index (χ0) is 71.1. The van der Waals surface area contributed by atoms with Gasteiger partial charge in [0.05, 0.1) is 18.2 Å². The molecular formula is C95H95N5O+4. The van der Waals surface area contributed by atoms with E-state index < -0.39 is 0 Å².